The minimum absolute atomic E-state index is 0.439. The van der Waals surface area contributed by atoms with Gasteiger partial charge in [0.1, 0.15) is 6.04 Å². The maximum absolute atomic E-state index is 10.9. The van der Waals surface area contributed by atoms with Gasteiger partial charge in [0, 0.05) is 12.6 Å². The number of nitrogens with one attached hydrogen (secondary N) is 1. The Hall–Kier alpha value is -0.610. The van der Waals surface area contributed by atoms with Crippen molar-refractivity contribution in [2.24, 2.45) is 0 Å². The topological polar surface area (TPSA) is 52.6 Å². The van der Waals surface area contributed by atoms with E-state index in [1.165, 1.54) is 25.7 Å². The van der Waals surface area contributed by atoms with Gasteiger partial charge >= 0.3 is 5.97 Å². The van der Waals surface area contributed by atoms with Crippen LogP contribution in [0.2, 0.25) is 0 Å². The van der Waals surface area contributed by atoms with Crippen molar-refractivity contribution in [1.82, 2.24) is 10.2 Å². The van der Waals surface area contributed by atoms with Crippen molar-refractivity contribution < 1.29 is 9.90 Å². The summed E-state index contributed by atoms with van der Waals surface area (Å²) in [5.41, 5.74) is 0. The third kappa shape index (κ3) is 3.47. The molecule has 1 atom stereocenters. The van der Waals surface area contributed by atoms with Crippen molar-refractivity contribution in [2.45, 2.75) is 44.7 Å². The summed E-state index contributed by atoms with van der Waals surface area (Å²) in [4.78, 5) is 13.2. The van der Waals surface area contributed by atoms with Gasteiger partial charge in [-0.15, -0.1) is 0 Å². The second kappa shape index (κ2) is 6.08. The normalized spacial score (nSPS) is 19.7. The number of carbonyl (C=O) groups is 1. The number of hydrogen-bond acceptors (Lipinski definition) is 3. The molecular weight excluding hydrogens is 192 g/mol. The number of likely N-dealkylation sites (N-methyl/N-ethyl adjacent to an activating group) is 2. The van der Waals surface area contributed by atoms with Gasteiger partial charge in [-0.05, 0) is 26.4 Å². The number of hydrogen-bond donors (Lipinski definition) is 2. The van der Waals surface area contributed by atoms with E-state index in [0.717, 1.165) is 6.54 Å². The maximum atomic E-state index is 10.9. The summed E-state index contributed by atoms with van der Waals surface area (Å²) in [6, 6.07) is 0.163. The first-order valence-corrected chi connectivity index (χ1v) is 5.83. The third-order valence-electron chi connectivity index (χ3n) is 3.31. The molecule has 1 saturated carbocycles. The van der Waals surface area contributed by atoms with Crippen LogP contribution >= 0.6 is 0 Å². The van der Waals surface area contributed by atoms with Crippen LogP contribution in [0.15, 0.2) is 0 Å². The molecule has 0 aromatic carbocycles. The zero-order valence-corrected chi connectivity index (χ0v) is 9.70. The largest absolute Gasteiger partial charge is 0.480 e. The van der Waals surface area contributed by atoms with Crippen LogP contribution in [0.1, 0.15) is 32.6 Å². The van der Waals surface area contributed by atoms with Crippen LogP contribution in [0.25, 0.3) is 0 Å². The van der Waals surface area contributed by atoms with Crippen molar-refractivity contribution >= 4 is 5.97 Å². The minimum Gasteiger partial charge on any atom is -0.480 e. The van der Waals surface area contributed by atoms with Crippen LogP contribution in [0.4, 0.5) is 0 Å². The number of nitrogens with zero attached hydrogens (tertiary/aromatic N) is 1. The second-order valence-corrected chi connectivity index (χ2v) is 4.21. The monoisotopic (exact) mass is 214 g/mol. The van der Waals surface area contributed by atoms with Gasteiger partial charge in [-0.1, -0.05) is 19.8 Å². The summed E-state index contributed by atoms with van der Waals surface area (Å²) in [6.07, 6.45) is 5.03. The van der Waals surface area contributed by atoms with E-state index in [0.29, 0.717) is 12.6 Å². The highest BCUT2D eigenvalue weighted by Crippen LogP contribution is 2.23. The SMILES string of the molecule is CCN(CC(NC)C(=O)O)C1CCCC1. The molecule has 0 aromatic heterocycles. The molecule has 1 rings (SSSR count). The molecule has 4 heteroatoms. The second-order valence-electron chi connectivity index (χ2n) is 4.21. The van der Waals surface area contributed by atoms with Gasteiger partial charge in [-0.25, -0.2) is 0 Å². The lowest BCUT2D eigenvalue weighted by Gasteiger charge is -2.29. The number of rotatable bonds is 6. The Morgan fingerprint density at radius 3 is 2.53 bits per heavy atom. The zero-order chi connectivity index (χ0) is 11.3. The van der Waals surface area contributed by atoms with E-state index in [4.69, 9.17) is 5.11 Å². The van der Waals surface area contributed by atoms with E-state index >= 15 is 0 Å². The van der Waals surface area contributed by atoms with Gasteiger partial charge in [-0.2, -0.15) is 0 Å². The van der Waals surface area contributed by atoms with E-state index in [-0.39, 0.29) is 0 Å². The fraction of sp³-hybridized carbons (Fsp3) is 0.909. The summed E-state index contributed by atoms with van der Waals surface area (Å²) in [5, 5.41) is 11.8. The molecule has 0 radical (unpaired) electrons. The summed E-state index contributed by atoms with van der Waals surface area (Å²) in [5.74, 6) is -0.756. The lowest BCUT2D eigenvalue weighted by atomic mass is 10.1. The van der Waals surface area contributed by atoms with Crippen LogP contribution in [0.5, 0.6) is 0 Å². The predicted octanol–water partition coefficient (Wildman–Crippen LogP) is 0.923. The Balaban J connectivity index is 2.47. The minimum atomic E-state index is -0.756. The number of carboxylic acid groups (broad SMARTS) is 1. The van der Waals surface area contributed by atoms with Gasteiger partial charge in [-0.3, -0.25) is 9.69 Å². The molecule has 88 valence electrons. The van der Waals surface area contributed by atoms with E-state index < -0.39 is 12.0 Å². The van der Waals surface area contributed by atoms with Crippen molar-refractivity contribution in [3.05, 3.63) is 0 Å². The zero-order valence-electron chi connectivity index (χ0n) is 9.70. The molecule has 0 bridgehead atoms. The van der Waals surface area contributed by atoms with Crippen LogP contribution in [0.3, 0.4) is 0 Å². The average Bonchev–Trinajstić information content (AvgIpc) is 2.72. The van der Waals surface area contributed by atoms with Crippen molar-refractivity contribution in [2.75, 3.05) is 20.1 Å². The molecule has 1 aliphatic rings. The van der Waals surface area contributed by atoms with Crippen LogP contribution in [-0.2, 0) is 4.79 Å². The molecule has 2 N–H and O–H groups in total. The van der Waals surface area contributed by atoms with E-state index in [9.17, 15) is 4.79 Å². The molecule has 0 aliphatic heterocycles. The molecule has 0 aromatic rings. The fourth-order valence-corrected chi connectivity index (χ4v) is 2.33. The standard InChI is InChI=1S/C11H22N2O2/c1-3-13(9-6-4-5-7-9)8-10(12-2)11(14)15/h9-10,12H,3-8H2,1-2H3,(H,14,15). The van der Waals surface area contributed by atoms with Gasteiger partial charge in [0.25, 0.3) is 0 Å². The average molecular weight is 214 g/mol. The molecule has 0 saturated heterocycles. The van der Waals surface area contributed by atoms with Gasteiger partial charge in [0.2, 0.25) is 0 Å². The Labute approximate surface area is 91.6 Å². The van der Waals surface area contributed by atoms with Crippen LogP contribution in [-0.4, -0.2) is 48.2 Å². The highest BCUT2D eigenvalue weighted by Gasteiger charge is 2.25. The summed E-state index contributed by atoms with van der Waals surface area (Å²) >= 11 is 0. The number of aliphatic carboxylic acids is 1. The number of carboxylic acids is 1. The quantitative estimate of drug-likeness (QED) is 0.690. The van der Waals surface area contributed by atoms with Crippen LogP contribution in [0, 0.1) is 0 Å². The lowest BCUT2D eigenvalue weighted by molar-refractivity contribution is -0.140. The molecular formula is C11H22N2O2. The summed E-state index contributed by atoms with van der Waals surface area (Å²) in [6.45, 7) is 3.66. The third-order valence-corrected chi connectivity index (χ3v) is 3.31. The molecule has 1 aliphatic carbocycles. The van der Waals surface area contributed by atoms with E-state index in [1.54, 1.807) is 7.05 Å². The van der Waals surface area contributed by atoms with Gasteiger partial charge < -0.3 is 10.4 Å². The summed E-state index contributed by atoms with van der Waals surface area (Å²) in [7, 11) is 1.71. The smallest absolute Gasteiger partial charge is 0.322 e. The van der Waals surface area contributed by atoms with E-state index in [1.807, 2.05) is 0 Å². The highest BCUT2D eigenvalue weighted by molar-refractivity contribution is 5.73. The lowest BCUT2D eigenvalue weighted by Crippen LogP contribution is -2.47. The van der Waals surface area contributed by atoms with Crippen molar-refractivity contribution in [1.29, 1.82) is 0 Å². The van der Waals surface area contributed by atoms with Gasteiger partial charge in [0.05, 0.1) is 0 Å². The Morgan fingerprint density at radius 1 is 1.53 bits per heavy atom. The highest BCUT2D eigenvalue weighted by atomic mass is 16.4. The molecule has 4 nitrogen and oxygen atoms in total. The molecule has 1 unspecified atom stereocenters. The first kappa shape index (κ1) is 12.5. The maximum Gasteiger partial charge on any atom is 0.322 e. The first-order chi connectivity index (χ1) is 7.19. The van der Waals surface area contributed by atoms with Crippen LogP contribution < -0.4 is 5.32 Å². The molecule has 15 heavy (non-hydrogen) atoms. The predicted molar refractivity (Wildman–Crippen MR) is 60.0 cm³/mol. The molecule has 0 spiro atoms. The molecule has 0 amide bonds. The Kier molecular flexibility index (Phi) is 5.05. The molecule has 0 heterocycles. The van der Waals surface area contributed by atoms with Crippen molar-refractivity contribution in [3.8, 4) is 0 Å². The van der Waals surface area contributed by atoms with E-state index in [2.05, 4.69) is 17.1 Å². The van der Waals surface area contributed by atoms with Crippen molar-refractivity contribution in [3.63, 3.8) is 0 Å². The fourth-order valence-electron chi connectivity index (χ4n) is 2.33. The first-order valence-electron chi connectivity index (χ1n) is 5.83. The molecule has 1 fully saturated rings. The summed E-state index contributed by atoms with van der Waals surface area (Å²) < 4.78 is 0. The van der Waals surface area contributed by atoms with Gasteiger partial charge in [0.15, 0.2) is 0 Å². The Bertz CT molecular complexity index is 203. The Morgan fingerprint density at radius 2 is 2.13 bits per heavy atom.